The predicted octanol–water partition coefficient (Wildman–Crippen LogP) is 4.29. The van der Waals surface area contributed by atoms with E-state index in [0.29, 0.717) is 30.3 Å². The van der Waals surface area contributed by atoms with Gasteiger partial charge in [0.2, 0.25) is 0 Å². The molecule has 1 aromatic heterocycles. The van der Waals surface area contributed by atoms with E-state index in [1.165, 1.54) is 6.07 Å². The fourth-order valence-corrected chi connectivity index (χ4v) is 3.98. The first-order valence-electron chi connectivity index (χ1n) is 9.95. The van der Waals surface area contributed by atoms with Crippen molar-refractivity contribution >= 4 is 5.82 Å². The summed E-state index contributed by atoms with van der Waals surface area (Å²) in [5.41, 5.74) is 1.97. The molecule has 2 aromatic carbocycles. The molecule has 3 heterocycles. The molecule has 0 atom stereocenters. The number of benzene rings is 2. The van der Waals surface area contributed by atoms with Crippen molar-refractivity contribution < 1.29 is 13.9 Å². The van der Waals surface area contributed by atoms with Gasteiger partial charge >= 0.3 is 0 Å². The fourth-order valence-electron chi connectivity index (χ4n) is 3.98. The summed E-state index contributed by atoms with van der Waals surface area (Å²) in [4.78, 5) is 11.7. The van der Waals surface area contributed by atoms with Gasteiger partial charge in [0.25, 0.3) is 0 Å². The van der Waals surface area contributed by atoms with Crippen LogP contribution in [0.5, 0.6) is 0 Å². The Bertz CT molecular complexity index is 996. The molecule has 0 saturated carbocycles. The molecule has 0 bridgehead atoms. The van der Waals surface area contributed by atoms with Gasteiger partial charge in [-0.05, 0) is 12.1 Å². The fraction of sp³-hybridized carbons (Fsp3) is 0.304. The Kier molecular flexibility index (Phi) is 4.73. The predicted molar refractivity (Wildman–Crippen MR) is 109 cm³/mol. The third-order valence-electron chi connectivity index (χ3n) is 5.56. The van der Waals surface area contributed by atoms with Crippen LogP contribution in [-0.2, 0) is 9.47 Å². The van der Waals surface area contributed by atoms with Crippen LogP contribution in [0.1, 0.15) is 12.8 Å². The lowest BCUT2D eigenvalue weighted by molar-refractivity contribution is -0.169. The monoisotopic (exact) mass is 391 g/mol. The number of rotatable bonds is 3. The average Bonchev–Trinajstić information content (AvgIpc) is 3.23. The summed E-state index contributed by atoms with van der Waals surface area (Å²) in [6.07, 6.45) is 1.57. The molecule has 6 heteroatoms. The first-order valence-corrected chi connectivity index (χ1v) is 9.95. The Labute approximate surface area is 169 Å². The minimum absolute atomic E-state index is 0.290. The molecule has 2 saturated heterocycles. The van der Waals surface area contributed by atoms with Crippen LogP contribution in [-0.4, -0.2) is 42.1 Å². The van der Waals surface area contributed by atoms with Gasteiger partial charge in [-0.25, -0.2) is 14.4 Å². The summed E-state index contributed by atoms with van der Waals surface area (Å²) in [6, 6.07) is 18.4. The highest BCUT2D eigenvalue weighted by Crippen LogP contribution is 2.34. The molecule has 5 rings (SSSR count). The van der Waals surface area contributed by atoms with E-state index >= 15 is 0 Å². The minimum atomic E-state index is -0.444. The third-order valence-corrected chi connectivity index (χ3v) is 5.56. The molecule has 3 aromatic rings. The standard InChI is InChI=1S/C23H22FN3O2/c24-19-9-5-4-8-18(19)20-16-21(26-22(25-20)17-6-2-1-3-7-17)27-12-10-23(11-13-27)28-14-15-29-23/h1-9,16H,10-15H2. The van der Waals surface area contributed by atoms with Crippen molar-refractivity contribution in [2.75, 3.05) is 31.2 Å². The topological polar surface area (TPSA) is 47.5 Å². The smallest absolute Gasteiger partial charge is 0.171 e. The number of ether oxygens (including phenoxy) is 2. The van der Waals surface area contributed by atoms with Crippen molar-refractivity contribution in [2.24, 2.45) is 0 Å². The van der Waals surface area contributed by atoms with Crippen molar-refractivity contribution in [2.45, 2.75) is 18.6 Å². The van der Waals surface area contributed by atoms with E-state index in [1.807, 2.05) is 42.5 Å². The second kappa shape index (κ2) is 7.54. The van der Waals surface area contributed by atoms with Crippen LogP contribution in [0.4, 0.5) is 10.2 Å². The highest BCUT2D eigenvalue weighted by molar-refractivity contribution is 5.68. The number of halogens is 1. The van der Waals surface area contributed by atoms with Crippen molar-refractivity contribution in [1.29, 1.82) is 0 Å². The Morgan fingerprint density at radius 2 is 1.55 bits per heavy atom. The van der Waals surface area contributed by atoms with Gasteiger partial charge in [0, 0.05) is 43.1 Å². The molecule has 0 radical (unpaired) electrons. The van der Waals surface area contributed by atoms with Crippen LogP contribution in [0, 0.1) is 5.82 Å². The lowest BCUT2D eigenvalue weighted by Crippen LogP contribution is -2.45. The van der Waals surface area contributed by atoms with Crippen molar-refractivity contribution in [3.8, 4) is 22.6 Å². The van der Waals surface area contributed by atoms with Crippen LogP contribution in [0.15, 0.2) is 60.7 Å². The lowest BCUT2D eigenvalue weighted by Gasteiger charge is -2.38. The van der Waals surface area contributed by atoms with Crippen LogP contribution < -0.4 is 4.90 Å². The summed E-state index contributed by atoms with van der Waals surface area (Å²) in [6.45, 7) is 2.84. The Morgan fingerprint density at radius 1 is 0.862 bits per heavy atom. The van der Waals surface area contributed by atoms with Crippen molar-refractivity contribution in [3.63, 3.8) is 0 Å². The molecule has 2 fully saturated rings. The minimum Gasteiger partial charge on any atom is -0.356 e. The van der Waals surface area contributed by atoms with E-state index in [1.54, 1.807) is 12.1 Å². The highest BCUT2D eigenvalue weighted by atomic mass is 19.1. The zero-order chi connectivity index (χ0) is 19.7. The normalized spacial score (nSPS) is 18.3. The van der Waals surface area contributed by atoms with Gasteiger partial charge < -0.3 is 14.4 Å². The van der Waals surface area contributed by atoms with Gasteiger partial charge in [0.1, 0.15) is 11.6 Å². The zero-order valence-electron chi connectivity index (χ0n) is 16.1. The van der Waals surface area contributed by atoms with Crippen LogP contribution in [0.2, 0.25) is 0 Å². The summed E-state index contributed by atoms with van der Waals surface area (Å²) in [5, 5.41) is 0. The number of piperidine rings is 1. The first-order chi connectivity index (χ1) is 14.2. The maximum Gasteiger partial charge on any atom is 0.171 e. The largest absolute Gasteiger partial charge is 0.356 e. The van der Waals surface area contributed by atoms with E-state index in [9.17, 15) is 4.39 Å². The number of hydrogen-bond donors (Lipinski definition) is 0. The van der Waals surface area contributed by atoms with Crippen molar-refractivity contribution in [1.82, 2.24) is 9.97 Å². The number of aromatic nitrogens is 2. The van der Waals surface area contributed by atoms with Gasteiger partial charge in [-0.2, -0.15) is 0 Å². The Morgan fingerprint density at radius 3 is 2.28 bits per heavy atom. The highest BCUT2D eigenvalue weighted by Gasteiger charge is 2.40. The molecule has 5 nitrogen and oxygen atoms in total. The summed E-state index contributed by atoms with van der Waals surface area (Å²) >= 11 is 0. The second-order valence-corrected chi connectivity index (χ2v) is 7.38. The summed E-state index contributed by atoms with van der Waals surface area (Å²) in [7, 11) is 0. The van der Waals surface area contributed by atoms with Gasteiger partial charge in [-0.1, -0.05) is 42.5 Å². The van der Waals surface area contributed by atoms with E-state index in [2.05, 4.69) is 9.88 Å². The Hall–Kier alpha value is -2.83. The SMILES string of the molecule is Fc1ccccc1-c1cc(N2CCC3(CC2)OCCO3)nc(-c2ccccc2)n1. The molecule has 148 valence electrons. The molecule has 29 heavy (non-hydrogen) atoms. The quantitative estimate of drug-likeness (QED) is 0.666. The van der Waals surface area contributed by atoms with Gasteiger partial charge in [0.15, 0.2) is 11.6 Å². The van der Waals surface area contributed by atoms with E-state index in [4.69, 9.17) is 14.5 Å². The van der Waals surface area contributed by atoms with Crippen LogP contribution in [0.3, 0.4) is 0 Å². The molecule has 2 aliphatic heterocycles. The van der Waals surface area contributed by atoms with Crippen LogP contribution in [0.25, 0.3) is 22.6 Å². The van der Waals surface area contributed by atoms with E-state index in [-0.39, 0.29) is 5.82 Å². The molecular formula is C23H22FN3O2. The van der Waals surface area contributed by atoms with Gasteiger partial charge in [-0.3, -0.25) is 0 Å². The lowest BCUT2D eigenvalue weighted by atomic mass is 10.0. The Balaban J connectivity index is 1.53. The number of anilines is 1. The van der Waals surface area contributed by atoms with E-state index in [0.717, 1.165) is 37.3 Å². The van der Waals surface area contributed by atoms with Gasteiger partial charge in [-0.15, -0.1) is 0 Å². The van der Waals surface area contributed by atoms with Gasteiger partial charge in [0.05, 0.1) is 18.9 Å². The average molecular weight is 391 g/mol. The van der Waals surface area contributed by atoms with Crippen LogP contribution >= 0.6 is 0 Å². The molecule has 0 N–H and O–H groups in total. The number of nitrogens with zero attached hydrogens (tertiary/aromatic N) is 3. The maximum atomic E-state index is 14.5. The number of hydrogen-bond acceptors (Lipinski definition) is 5. The summed E-state index contributed by atoms with van der Waals surface area (Å²) in [5.74, 6) is 0.654. The zero-order valence-corrected chi connectivity index (χ0v) is 16.1. The maximum absolute atomic E-state index is 14.5. The van der Waals surface area contributed by atoms with E-state index < -0.39 is 5.79 Å². The first kappa shape index (κ1) is 18.2. The molecule has 2 aliphatic rings. The molecule has 0 unspecified atom stereocenters. The molecule has 1 spiro atoms. The molecule has 0 aliphatic carbocycles. The molecule has 0 amide bonds. The second-order valence-electron chi connectivity index (χ2n) is 7.38. The third kappa shape index (κ3) is 3.61. The summed E-state index contributed by atoms with van der Waals surface area (Å²) < 4.78 is 26.1. The van der Waals surface area contributed by atoms with Crippen molar-refractivity contribution in [3.05, 3.63) is 66.5 Å². The molecular weight excluding hydrogens is 369 g/mol.